The van der Waals surface area contributed by atoms with E-state index >= 15 is 0 Å². The molecule has 126 valence electrons. The summed E-state index contributed by atoms with van der Waals surface area (Å²) in [5.74, 6) is -2.89. The van der Waals surface area contributed by atoms with Gasteiger partial charge in [0.05, 0.1) is 11.3 Å². The van der Waals surface area contributed by atoms with Gasteiger partial charge >= 0.3 is 5.97 Å². The topological polar surface area (TPSA) is 55.4 Å². The van der Waals surface area contributed by atoms with Crippen LogP contribution in [0, 0.1) is 11.6 Å². The summed E-state index contributed by atoms with van der Waals surface area (Å²) in [6, 6.07) is 9.50. The van der Waals surface area contributed by atoms with Crippen molar-refractivity contribution in [2.45, 2.75) is 17.9 Å². The minimum Gasteiger partial charge on any atom is -0.449 e. The van der Waals surface area contributed by atoms with Crippen molar-refractivity contribution in [3.63, 3.8) is 0 Å². The third kappa shape index (κ3) is 4.32. The Balaban J connectivity index is 2.06. The van der Waals surface area contributed by atoms with E-state index in [1.54, 1.807) is 24.3 Å². The van der Waals surface area contributed by atoms with Crippen LogP contribution < -0.4 is 5.32 Å². The number of amides is 1. The Morgan fingerprint density at radius 1 is 1.17 bits per heavy atom. The van der Waals surface area contributed by atoms with Gasteiger partial charge in [-0.15, -0.1) is 11.8 Å². The molecule has 2 aromatic rings. The molecule has 0 aliphatic carbocycles. The van der Waals surface area contributed by atoms with E-state index in [1.165, 1.54) is 18.7 Å². The van der Waals surface area contributed by atoms with Gasteiger partial charge in [-0.1, -0.05) is 12.1 Å². The molecule has 0 fully saturated rings. The van der Waals surface area contributed by atoms with Crippen LogP contribution >= 0.6 is 11.8 Å². The lowest BCUT2D eigenvalue weighted by molar-refractivity contribution is -0.123. The van der Waals surface area contributed by atoms with E-state index in [0.717, 1.165) is 18.2 Å². The maximum absolute atomic E-state index is 13.5. The SMILES string of the molecule is CSc1ccccc1C(=O)O[C@@H](C)C(=O)Nc1cc(F)ccc1F. The summed E-state index contributed by atoms with van der Waals surface area (Å²) in [5.41, 5.74) is 0.0222. The quantitative estimate of drug-likeness (QED) is 0.656. The molecule has 0 aliphatic rings. The number of benzene rings is 2. The first-order valence-electron chi connectivity index (χ1n) is 7.02. The highest BCUT2D eigenvalue weighted by molar-refractivity contribution is 7.98. The number of nitrogens with one attached hydrogen (secondary N) is 1. The Morgan fingerprint density at radius 3 is 2.58 bits per heavy atom. The Hall–Kier alpha value is -2.41. The summed E-state index contributed by atoms with van der Waals surface area (Å²) >= 11 is 1.37. The first kappa shape index (κ1) is 17.9. The Morgan fingerprint density at radius 2 is 1.88 bits per heavy atom. The van der Waals surface area contributed by atoms with Gasteiger partial charge in [0.1, 0.15) is 11.6 Å². The number of anilines is 1. The average molecular weight is 351 g/mol. The van der Waals surface area contributed by atoms with Crippen LogP contribution in [0.4, 0.5) is 14.5 Å². The molecular formula is C17H15F2NO3S. The van der Waals surface area contributed by atoms with Crippen molar-refractivity contribution >= 4 is 29.3 Å². The number of carbonyl (C=O) groups excluding carboxylic acids is 2. The summed E-state index contributed by atoms with van der Waals surface area (Å²) in [6.45, 7) is 1.35. The van der Waals surface area contributed by atoms with Crippen LogP contribution in [0.15, 0.2) is 47.4 Å². The van der Waals surface area contributed by atoms with Gasteiger partial charge in [0.2, 0.25) is 0 Å². The number of hydrogen-bond donors (Lipinski definition) is 1. The fourth-order valence-electron chi connectivity index (χ4n) is 1.92. The number of esters is 1. The standard InChI is InChI=1S/C17H15F2NO3S/c1-10(16(21)20-14-9-11(18)7-8-13(14)19)23-17(22)12-5-3-4-6-15(12)24-2/h3-10H,1-2H3,(H,20,21)/t10-/m0/s1. The molecule has 1 N–H and O–H groups in total. The summed E-state index contributed by atoms with van der Waals surface area (Å²) < 4.78 is 31.7. The van der Waals surface area contributed by atoms with Crippen LogP contribution in [-0.2, 0) is 9.53 Å². The zero-order valence-corrected chi connectivity index (χ0v) is 13.8. The lowest BCUT2D eigenvalue weighted by Crippen LogP contribution is -2.30. The first-order chi connectivity index (χ1) is 11.4. The van der Waals surface area contributed by atoms with Crippen molar-refractivity contribution in [3.8, 4) is 0 Å². The molecule has 0 saturated heterocycles. The molecule has 2 aromatic carbocycles. The molecule has 24 heavy (non-hydrogen) atoms. The summed E-state index contributed by atoms with van der Waals surface area (Å²) in [7, 11) is 0. The van der Waals surface area contributed by atoms with E-state index in [1.807, 2.05) is 6.26 Å². The summed E-state index contributed by atoms with van der Waals surface area (Å²) in [6.07, 6.45) is 0.643. The molecule has 0 aromatic heterocycles. The molecule has 0 spiro atoms. The van der Waals surface area contributed by atoms with Gasteiger partial charge in [0.15, 0.2) is 6.10 Å². The van der Waals surface area contributed by atoms with Gasteiger partial charge in [-0.3, -0.25) is 4.79 Å². The van der Waals surface area contributed by atoms with Crippen molar-refractivity contribution in [3.05, 3.63) is 59.7 Å². The van der Waals surface area contributed by atoms with Crippen LogP contribution in [0.2, 0.25) is 0 Å². The number of hydrogen-bond acceptors (Lipinski definition) is 4. The van der Waals surface area contributed by atoms with Gasteiger partial charge in [-0.05, 0) is 37.4 Å². The maximum Gasteiger partial charge on any atom is 0.340 e. The molecule has 2 rings (SSSR count). The van der Waals surface area contributed by atoms with E-state index in [4.69, 9.17) is 4.74 Å². The number of halogens is 2. The molecule has 7 heteroatoms. The van der Waals surface area contributed by atoms with Crippen LogP contribution in [0.1, 0.15) is 17.3 Å². The zero-order valence-electron chi connectivity index (χ0n) is 13.0. The number of ether oxygens (including phenoxy) is 1. The van der Waals surface area contributed by atoms with E-state index < -0.39 is 29.6 Å². The molecule has 0 aliphatic heterocycles. The number of rotatable bonds is 5. The monoisotopic (exact) mass is 351 g/mol. The normalized spacial score (nSPS) is 11.7. The fraction of sp³-hybridized carbons (Fsp3) is 0.176. The fourth-order valence-corrected chi connectivity index (χ4v) is 2.50. The second kappa shape index (κ2) is 7.92. The smallest absolute Gasteiger partial charge is 0.340 e. The predicted octanol–water partition coefficient (Wildman–Crippen LogP) is 3.87. The summed E-state index contributed by atoms with van der Waals surface area (Å²) in [5, 5.41) is 2.20. The minimum absolute atomic E-state index is 0.313. The van der Waals surface area contributed by atoms with Crippen LogP contribution in [-0.4, -0.2) is 24.2 Å². The molecule has 0 saturated carbocycles. The van der Waals surface area contributed by atoms with Crippen molar-refractivity contribution in [1.82, 2.24) is 0 Å². The molecule has 0 bridgehead atoms. The third-order valence-corrected chi connectivity index (χ3v) is 3.96. The highest BCUT2D eigenvalue weighted by atomic mass is 32.2. The van der Waals surface area contributed by atoms with Gasteiger partial charge < -0.3 is 10.1 Å². The molecule has 0 unspecified atom stereocenters. The maximum atomic E-state index is 13.5. The van der Waals surface area contributed by atoms with Crippen molar-refractivity contribution < 1.29 is 23.1 Å². The van der Waals surface area contributed by atoms with Crippen LogP contribution in [0.5, 0.6) is 0 Å². The second-order valence-electron chi connectivity index (χ2n) is 4.86. The average Bonchev–Trinajstić information content (AvgIpc) is 2.57. The van der Waals surface area contributed by atoms with E-state index in [-0.39, 0.29) is 5.69 Å². The second-order valence-corrected chi connectivity index (χ2v) is 5.71. The largest absolute Gasteiger partial charge is 0.449 e. The lowest BCUT2D eigenvalue weighted by atomic mass is 10.2. The minimum atomic E-state index is -1.17. The highest BCUT2D eigenvalue weighted by Crippen LogP contribution is 2.21. The van der Waals surface area contributed by atoms with Gasteiger partial charge in [-0.25, -0.2) is 13.6 Å². The van der Waals surface area contributed by atoms with E-state index in [0.29, 0.717) is 10.5 Å². The Kier molecular flexibility index (Phi) is 5.92. The lowest BCUT2D eigenvalue weighted by Gasteiger charge is -2.15. The Labute approximate surface area is 142 Å². The van der Waals surface area contributed by atoms with Gasteiger partial charge in [-0.2, -0.15) is 0 Å². The van der Waals surface area contributed by atoms with Crippen LogP contribution in [0.25, 0.3) is 0 Å². The molecular weight excluding hydrogens is 336 g/mol. The molecule has 0 heterocycles. The molecule has 1 amide bonds. The third-order valence-electron chi connectivity index (χ3n) is 3.17. The van der Waals surface area contributed by atoms with Gasteiger partial charge in [0, 0.05) is 11.0 Å². The zero-order chi connectivity index (χ0) is 17.7. The number of carbonyl (C=O) groups is 2. The number of thioether (sulfide) groups is 1. The first-order valence-corrected chi connectivity index (χ1v) is 8.24. The van der Waals surface area contributed by atoms with E-state index in [2.05, 4.69) is 5.32 Å². The van der Waals surface area contributed by atoms with Crippen molar-refractivity contribution in [1.29, 1.82) is 0 Å². The highest BCUT2D eigenvalue weighted by Gasteiger charge is 2.21. The molecule has 4 nitrogen and oxygen atoms in total. The van der Waals surface area contributed by atoms with E-state index in [9.17, 15) is 18.4 Å². The van der Waals surface area contributed by atoms with Gasteiger partial charge in [0.25, 0.3) is 5.91 Å². The molecule has 0 radical (unpaired) electrons. The Bertz CT molecular complexity index is 767. The summed E-state index contributed by atoms with van der Waals surface area (Å²) in [4.78, 5) is 24.9. The van der Waals surface area contributed by atoms with Crippen molar-refractivity contribution in [2.24, 2.45) is 0 Å². The van der Waals surface area contributed by atoms with Crippen LogP contribution in [0.3, 0.4) is 0 Å². The predicted molar refractivity (Wildman–Crippen MR) is 88.1 cm³/mol. The van der Waals surface area contributed by atoms with Crippen molar-refractivity contribution in [2.75, 3.05) is 11.6 Å². The molecule has 1 atom stereocenters.